The molecule has 0 aliphatic heterocycles. The maximum Gasteiger partial charge on any atom is 0.196 e. The van der Waals surface area contributed by atoms with Crippen LogP contribution in [0.15, 0.2) is 30.5 Å². The molecule has 0 atom stereocenters. The van der Waals surface area contributed by atoms with Crippen LogP contribution in [-0.4, -0.2) is 23.8 Å². The second kappa shape index (κ2) is 4.38. The van der Waals surface area contributed by atoms with E-state index in [-0.39, 0.29) is 6.54 Å². The molecule has 0 saturated heterocycles. The Bertz CT molecular complexity index is 653. The Balaban J connectivity index is 2.34. The lowest BCUT2D eigenvalue weighted by Crippen LogP contribution is -2.40. The van der Waals surface area contributed by atoms with E-state index in [1.165, 1.54) is 4.68 Å². The summed E-state index contributed by atoms with van der Waals surface area (Å²) in [5, 5.41) is 5.28. The third-order valence-electron chi connectivity index (χ3n) is 2.49. The molecule has 2 aromatic rings. The summed E-state index contributed by atoms with van der Waals surface area (Å²) in [6.07, 6.45) is 1.67. The van der Waals surface area contributed by atoms with Gasteiger partial charge in [-0.05, 0) is 12.5 Å². The highest BCUT2D eigenvalue weighted by Crippen LogP contribution is 2.12. The maximum absolute atomic E-state index is 10.5. The van der Waals surface area contributed by atoms with E-state index in [0.717, 1.165) is 16.5 Å². The van der Waals surface area contributed by atoms with E-state index >= 15 is 0 Å². The van der Waals surface area contributed by atoms with Crippen LogP contribution in [0.2, 0.25) is 0 Å². The highest BCUT2D eigenvalue weighted by molar-refractivity contribution is 7.85. The van der Waals surface area contributed by atoms with Crippen molar-refractivity contribution in [2.45, 2.75) is 13.5 Å². The summed E-state index contributed by atoms with van der Waals surface area (Å²) in [6, 6.07) is 7.66. The zero-order valence-corrected chi connectivity index (χ0v) is 10.1. The molecule has 0 radical (unpaired) electrons. The number of nitrogens with zero attached hydrogens (tertiary/aromatic N) is 2. The van der Waals surface area contributed by atoms with Crippen LogP contribution in [0.25, 0.3) is 10.9 Å². The topological polar surface area (TPSA) is 74.0 Å². The number of rotatable bonds is 3. The molecule has 6 heteroatoms. The van der Waals surface area contributed by atoms with Gasteiger partial charge < -0.3 is 4.55 Å². The number of aryl methyl sites for hydroxylation is 2. The van der Waals surface area contributed by atoms with Gasteiger partial charge in [-0.2, -0.15) is 0 Å². The molecule has 2 rings (SSSR count). The summed E-state index contributed by atoms with van der Waals surface area (Å²) < 4.78 is 33.1. The van der Waals surface area contributed by atoms with Crippen molar-refractivity contribution in [2.75, 3.05) is 5.75 Å². The molecule has 1 aromatic carbocycles. The monoisotopic (exact) mass is 252 g/mol. The quantitative estimate of drug-likeness (QED) is 0.584. The van der Waals surface area contributed by atoms with Gasteiger partial charge in [0, 0.05) is 16.6 Å². The van der Waals surface area contributed by atoms with Gasteiger partial charge in [0.15, 0.2) is 12.7 Å². The van der Waals surface area contributed by atoms with Gasteiger partial charge in [0.25, 0.3) is 0 Å². The lowest BCUT2D eigenvalue weighted by atomic mass is 10.1. The Labute approximate surface area is 99.5 Å². The molecule has 90 valence electrons. The number of hydrogen-bond donors (Lipinski definition) is 0. The van der Waals surface area contributed by atoms with Crippen LogP contribution in [0.5, 0.6) is 0 Å². The smallest absolute Gasteiger partial charge is 0.196 e. The third kappa shape index (κ3) is 2.98. The maximum atomic E-state index is 10.5. The molecule has 0 bridgehead atoms. The minimum atomic E-state index is -4.20. The van der Waals surface area contributed by atoms with E-state index in [0.29, 0.717) is 0 Å². The fourth-order valence-corrected chi connectivity index (χ4v) is 2.02. The van der Waals surface area contributed by atoms with Crippen molar-refractivity contribution in [2.24, 2.45) is 0 Å². The second-order valence-electron chi connectivity index (χ2n) is 3.85. The second-order valence-corrected chi connectivity index (χ2v) is 5.38. The minimum Gasteiger partial charge on any atom is -0.748 e. The van der Waals surface area contributed by atoms with Gasteiger partial charge in [0.1, 0.15) is 15.6 Å². The fourth-order valence-electron chi connectivity index (χ4n) is 1.61. The predicted molar refractivity (Wildman–Crippen MR) is 61.2 cm³/mol. The molecular weight excluding hydrogens is 240 g/mol. The molecule has 0 fully saturated rings. The van der Waals surface area contributed by atoms with Gasteiger partial charge in [-0.15, -0.1) is 0 Å². The van der Waals surface area contributed by atoms with Crippen LogP contribution < -0.4 is 4.68 Å². The summed E-state index contributed by atoms with van der Waals surface area (Å²) in [7, 11) is -4.20. The summed E-state index contributed by atoms with van der Waals surface area (Å²) in [6.45, 7) is 2.01. The highest BCUT2D eigenvalue weighted by Gasteiger charge is 2.08. The van der Waals surface area contributed by atoms with Crippen LogP contribution in [0, 0.1) is 6.92 Å². The van der Waals surface area contributed by atoms with Crippen molar-refractivity contribution in [3.8, 4) is 0 Å². The number of aromatic nitrogens is 2. The number of benzene rings is 1. The molecule has 0 amide bonds. The van der Waals surface area contributed by atoms with Gasteiger partial charge in [-0.3, -0.25) is 0 Å². The van der Waals surface area contributed by atoms with Crippen molar-refractivity contribution < 1.29 is 17.7 Å². The van der Waals surface area contributed by atoms with E-state index < -0.39 is 15.9 Å². The first kappa shape index (κ1) is 11.9. The molecule has 1 heterocycles. The lowest BCUT2D eigenvalue weighted by Gasteiger charge is -2.03. The molecular formula is C11H12N2O3S. The largest absolute Gasteiger partial charge is 0.748 e. The third-order valence-corrected chi connectivity index (χ3v) is 3.18. The van der Waals surface area contributed by atoms with E-state index in [1.807, 2.05) is 31.2 Å². The van der Waals surface area contributed by atoms with Crippen molar-refractivity contribution in [3.63, 3.8) is 0 Å². The summed E-state index contributed by atoms with van der Waals surface area (Å²) in [5.41, 5.74) is 1.83. The molecule has 0 aliphatic rings. The Morgan fingerprint density at radius 1 is 1.35 bits per heavy atom. The zero-order chi connectivity index (χ0) is 12.5. The predicted octanol–water partition coefficient (Wildman–Crippen LogP) is 0.376. The van der Waals surface area contributed by atoms with Gasteiger partial charge in [-0.25, -0.2) is 8.42 Å². The molecule has 0 unspecified atom stereocenters. The number of hydrogen-bond acceptors (Lipinski definition) is 4. The van der Waals surface area contributed by atoms with E-state index in [2.05, 4.69) is 5.10 Å². The Kier molecular flexibility index (Phi) is 3.08. The van der Waals surface area contributed by atoms with Crippen LogP contribution in [0.4, 0.5) is 0 Å². The van der Waals surface area contributed by atoms with Crippen molar-refractivity contribution in [1.82, 2.24) is 5.10 Å². The molecule has 0 saturated carbocycles. The molecule has 1 aromatic heterocycles. The molecule has 5 nitrogen and oxygen atoms in total. The van der Waals surface area contributed by atoms with Gasteiger partial charge in [0.05, 0.1) is 5.75 Å². The molecule has 0 N–H and O–H groups in total. The number of fused-ring (bicyclic) bond motifs is 1. The van der Waals surface area contributed by atoms with Crippen LogP contribution >= 0.6 is 0 Å². The summed E-state index contributed by atoms with van der Waals surface area (Å²) in [4.78, 5) is 0. The minimum absolute atomic E-state index is 0.0795. The SMILES string of the molecule is Cc1cccc2cc[n+](CCS(=O)(=O)[O-])nc12. The fraction of sp³-hybridized carbons (Fsp3) is 0.273. The van der Waals surface area contributed by atoms with Gasteiger partial charge in [-0.1, -0.05) is 22.9 Å². The standard InChI is InChI=1S/C11H12N2O3S/c1-9-3-2-4-10-5-6-13(12-11(9)10)7-8-17(14,15)16/h2-6H,7-8H2,1H3. The van der Waals surface area contributed by atoms with Crippen molar-refractivity contribution in [3.05, 3.63) is 36.0 Å². The van der Waals surface area contributed by atoms with Crippen molar-refractivity contribution in [1.29, 1.82) is 0 Å². The molecule has 17 heavy (non-hydrogen) atoms. The van der Waals surface area contributed by atoms with Crippen molar-refractivity contribution >= 4 is 21.0 Å². The molecule has 0 spiro atoms. The van der Waals surface area contributed by atoms with E-state index in [9.17, 15) is 13.0 Å². The normalized spacial score (nSPS) is 11.9. The first-order valence-electron chi connectivity index (χ1n) is 5.15. The van der Waals surface area contributed by atoms with E-state index in [4.69, 9.17) is 0 Å². The first-order chi connectivity index (χ1) is 7.96. The average molecular weight is 252 g/mol. The summed E-state index contributed by atoms with van der Waals surface area (Å²) >= 11 is 0. The van der Waals surface area contributed by atoms with Gasteiger partial charge >= 0.3 is 0 Å². The zero-order valence-electron chi connectivity index (χ0n) is 9.33. The summed E-state index contributed by atoms with van der Waals surface area (Å²) in [5.74, 6) is -0.442. The Morgan fingerprint density at radius 3 is 2.82 bits per heavy atom. The highest BCUT2D eigenvalue weighted by atomic mass is 32.2. The van der Waals surface area contributed by atoms with Crippen LogP contribution in [0.3, 0.4) is 0 Å². The first-order valence-corrected chi connectivity index (χ1v) is 6.73. The van der Waals surface area contributed by atoms with E-state index in [1.54, 1.807) is 6.20 Å². The average Bonchev–Trinajstić information content (AvgIpc) is 2.26. The Morgan fingerprint density at radius 2 is 2.12 bits per heavy atom. The molecule has 0 aliphatic carbocycles. The van der Waals surface area contributed by atoms with Gasteiger partial charge in [0.2, 0.25) is 0 Å². The lowest BCUT2D eigenvalue weighted by molar-refractivity contribution is -0.747. The van der Waals surface area contributed by atoms with Crippen LogP contribution in [0.1, 0.15) is 5.56 Å². The van der Waals surface area contributed by atoms with Crippen LogP contribution in [-0.2, 0) is 16.7 Å². The Hall–Kier alpha value is -1.53.